The third kappa shape index (κ3) is 3.88. The molecule has 0 unspecified atom stereocenters. The van der Waals surface area contributed by atoms with Gasteiger partial charge in [-0.25, -0.2) is 0 Å². The molecule has 2 aromatic rings. The van der Waals surface area contributed by atoms with Crippen molar-refractivity contribution in [3.05, 3.63) is 63.6 Å². The Morgan fingerprint density at radius 2 is 1.95 bits per heavy atom. The molecule has 2 rings (SSSR count). The maximum absolute atomic E-state index is 9.52. The quantitative estimate of drug-likeness (QED) is 0.677. The van der Waals surface area contributed by atoms with Crippen molar-refractivity contribution in [3.8, 4) is 5.75 Å². The van der Waals surface area contributed by atoms with Crippen molar-refractivity contribution in [2.24, 2.45) is 5.16 Å². The number of hydrogen-bond acceptors (Lipinski definition) is 3. The van der Waals surface area contributed by atoms with Gasteiger partial charge in [-0.15, -0.1) is 0 Å². The van der Waals surface area contributed by atoms with E-state index in [-0.39, 0.29) is 12.4 Å². The van der Waals surface area contributed by atoms with Crippen molar-refractivity contribution in [1.29, 1.82) is 0 Å². The predicted molar refractivity (Wildman–Crippen MR) is 77.0 cm³/mol. The largest absolute Gasteiger partial charge is 0.507 e. The van der Waals surface area contributed by atoms with Gasteiger partial charge < -0.3 is 9.94 Å². The van der Waals surface area contributed by atoms with Gasteiger partial charge in [0.2, 0.25) is 0 Å². The van der Waals surface area contributed by atoms with Crippen LogP contribution in [-0.4, -0.2) is 11.3 Å². The Labute approximate surface area is 121 Å². The molecule has 3 nitrogen and oxygen atoms in total. The van der Waals surface area contributed by atoms with E-state index in [1.807, 2.05) is 0 Å². The molecule has 0 spiro atoms. The second kappa shape index (κ2) is 6.45. The number of para-hydroxylation sites is 1. The lowest BCUT2D eigenvalue weighted by atomic mass is 10.2. The third-order valence-electron chi connectivity index (χ3n) is 2.44. The van der Waals surface area contributed by atoms with Crippen LogP contribution >= 0.6 is 23.2 Å². The van der Waals surface area contributed by atoms with Crippen LogP contribution in [-0.2, 0) is 11.4 Å². The molecular weight excluding hydrogens is 285 g/mol. The van der Waals surface area contributed by atoms with Crippen LogP contribution in [0.2, 0.25) is 10.0 Å². The van der Waals surface area contributed by atoms with Crippen molar-refractivity contribution in [3.63, 3.8) is 0 Å². The first-order valence-electron chi connectivity index (χ1n) is 5.54. The molecule has 0 aromatic heterocycles. The number of phenolic OH excluding ortho intramolecular Hbond substituents is 1. The van der Waals surface area contributed by atoms with Crippen molar-refractivity contribution < 1.29 is 9.94 Å². The zero-order valence-corrected chi connectivity index (χ0v) is 11.4. The summed E-state index contributed by atoms with van der Waals surface area (Å²) in [4.78, 5) is 5.13. The standard InChI is InChI=1S/C14H11Cl2NO2/c15-12-6-5-11(13(16)7-12)9-19-17-8-10-3-1-2-4-14(10)18/h1-8,18H,9H2/b17-8+. The monoisotopic (exact) mass is 295 g/mol. The molecule has 0 aliphatic heterocycles. The minimum Gasteiger partial charge on any atom is -0.507 e. The maximum Gasteiger partial charge on any atom is 0.143 e. The highest BCUT2D eigenvalue weighted by Crippen LogP contribution is 2.21. The summed E-state index contributed by atoms with van der Waals surface area (Å²) < 4.78 is 0. The summed E-state index contributed by atoms with van der Waals surface area (Å²) in [5.74, 6) is 0.152. The molecule has 0 fully saturated rings. The highest BCUT2D eigenvalue weighted by Gasteiger charge is 2.01. The van der Waals surface area contributed by atoms with E-state index in [2.05, 4.69) is 5.16 Å². The number of aromatic hydroxyl groups is 1. The Hall–Kier alpha value is -1.71. The van der Waals surface area contributed by atoms with Gasteiger partial charge in [-0.3, -0.25) is 0 Å². The number of oxime groups is 1. The van der Waals surface area contributed by atoms with Gasteiger partial charge in [0.1, 0.15) is 12.4 Å². The zero-order valence-electron chi connectivity index (χ0n) is 9.88. The number of benzene rings is 2. The smallest absolute Gasteiger partial charge is 0.143 e. The van der Waals surface area contributed by atoms with Gasteiger partial charge in [0.05, 0.1) is 6.21 Å². The average molecular weight is 296 g/mol. The minimum atomic E-state index is 0.152. The summed E-state index contributed by atoms with van der Waals surface area (Å²) in [6, 6.07) is 12.0. The van der Waals surface area contributed by atoms with Crippen molar-refractivity contribution >= 4 is 29.4 Å². The van der Waals surface area contributed by atoms with Gasteiger partial charge in [-0.1, -0.05) is 46.6 Å². The Morgan fingerprint density at radius 3 is 2.68 bits per heavy atom. The first-order chi connectivity index (χ1) is 9.16. The highest BCUT2D eigenvalue weighted by atomic mass is 35.5. The van der Waals surface area contributed by atoms with Crippen molar-refractivity contribution in [2.75, 3.05) is 0 Å². The molecule has 19 heavy (non-hydrogen) atoms. The zero-order chi connectivity index (χ0) is 13.7. The van der Waals surface area contributed by atoms with Crippen LogP contribution in [0.5, 0.6) is 5.75 Å². The summed E-state index contributed by atoms with van der Waals surface area (Å²) in [6.07, 6.45) is 1.44. The molecule has 98 valence electrons. The fourth-order valence-electron chi connectivity index (χ4n) is 1.44. The topological polar surface area (TPSA) is 41.8 Å². The Balaban J connectivity index is 1.95. The number of phenols is 1. The summed E-state index contributed by atoms with van der Waals surface area (Å²) in [5.41, 5.74) is 1.38. The molecule has 1 N–H and O–H groups in total. The first kappa shape index (κ1) is 13.7. The summed E-state index contributed by atoms with van der Waals surface area (Å²) in [7, 11) is 0. The van der Waals surface area contributed by atoms with E-state index in [9.17, 15) is 5.11 Å². The van der Waals surface area contributed by atoms with E-state index in [0.717, 1.165) is 5.56 Å². The fourth-order valence-corrected chi connectivity index (χ4v) is 1.90. The lowest BCUT2D eigenvalue weighted by Gasteiger charge is -2.03. The van der Waals surface area contributed by atoms with Crippen LogP contribution < -0.4 is 0 Å². The van der Waals surface area contributed by atoms with Crippen LogP contribution in [0.4, 0.5) is 0 Å². The lowest BCUT2D eigenvalue weighted by molar-refractivity contribution is 0.132. The second-order valence-corrected chi connectivity index (χ2v) is 4.65. The lowest BCUT2D eigenvalue weighted by Crippen LogP contribution is -1.90. The number of hydrogen-bond donors (Lipinski definition) is 1. The van der Waals surface area contributed by atoms with E-state index < -0.39 is 0 Å². The third-order valence-corrected chi connectivity index (χ3v) is 3.03. The van der Waals surface area contributed by atoms with Gasteiger partial charge in [-0.2, -0.15) is 0 Å². The van der Waals surface area contributed by atoms with Gasteiger partial charge in [0.25, 0.3) is 0 Å². The summed E-state index contributed by atoms with van der Waals surface area (Å²) >= 11 is 11.8. The molecule has 0 heterocycles. The van der Waals surface area contributed by atoms with E-state index in [1.54, 1.807) is 42.5 Å². The molecule has 0 radical (unpaired) electrons. The van der Waals surface area contributed by atoms with Crippen LogP contribution in [0.3, 0.4) is 0 Å². The van der Waals surface area contributed by atoms with Crippen LogP contribution in [0, 0.1) is 0 Å². The molecule has 0 saturated carbocycles. The summed E-state index contributed by atoms with van der Waals surface area (Å²) in [5, 5.41) is 14.4. The Kier molecular flexibility index (Phi) is 4.66. The number of nitrogens with zero attached hydrogens (tertiary/aromatic N) is 1. The average Bonchev–Trinajstić information content (AvgIpc) is 2.38. The van der Waals surface area contributed by atoms with Gasteiger partial charge in [-0.05, 0) is 24.3 Å². The first-order valence-corrected chi connectivity index (χ1v) is 6.29. The molecule has 5 heteroatoms. The molecule has 0 aliphatic carbocycles. The van der Waals surface area contributed by atoms with Crippen LogP contribution in [0.1, 0.15) is 11.1 Å². The van der Waals surface area contributed by atoms with Crippen molar-refractivity contribution in [1.82, 2.24) is 0 Å². The SMILES string of the molecule is Oc1ccccc1/C=N/OCc1ccc(Cl)cc1Cl. The van der Waals surface area contributed by atoms with Crippen LogP contribution in [0.15, 0.2) is 47.6 Å². The van der Waals surface area contributed by atoms with Gasteiger partial charge in [0.15, 0.2) is 0 Å². The molecule has 0 saturated heterocycles. The fraction of sp³-hybridized carbons (Fsp3) is 0.0714. The van der Waals surface area contributed by atoms with E-state index in [0.29, 0.717) is 15.6 Å². The molecule has 0 bridgehead atoms. The molecule has 0 amide bonds. The number of halogens is 2. The van der Waals surface area contributed by atoms with E-state index in [4.69, 9.17) is 28.0 Å². The predicted octanol–water partition coefficient (Wildman–Crippen LogP) is 4.25. The second-order valence-electron chi connectivity index (χ2n) is 3.80. The van der Waals surface area contributed by atoms with E-state index >= 15 is 0 Å². The molecule has 0 aliphatic rings. The Morgan fingerprint density at radius 1 is 1.16 bits per heavy atom. The van der Waals surface area contributed by atoms with Crippen LogP contribution in [0.25, 0.3) is 0 Å². The molecular formula is C14H11Cl2NO2. The van der Waals surface area contributed by atoms with Gasteiger partial charge in [0, 0.05) is 21.2 Å². The van der Waals surface area contributed by atoms with Gasteiger partial charge >= 0.3 is 0 Å². The summed E-state index contributed by atoms with van der Waals surface area (Å²) in [6.45, 7) is 0.236. The highest BCUT2D eigenvalue weighted by molar-refractivity contribution is 6.35. The van der Waals surface area contributed by atoms with E-state index in [1.165, 1.54) is 6.21 Å². The minimum absolute atomic E-state index is 0.152. The van der Waals surface area contributed by atoms with Crippen molar-refractivity contribution in [2.45, 2.75) is 6.61 Å². The Bertz CT molecular complexity index is 600. The number of rotatable bonds is 4. The maximum atomic E-state index is 9.52. The normalized spacial score (nSPS) is 10.8. The molecule has 2 aromatic carbocycles. The molecule has 0 atom stereocenters.